The van der Waals surface area contributed by atoms with Crippen LogP contribution in [0.2, 0.25) is 0 Å². The van der Waals surface area contributed by atoms with Gasteiger partial charge in [0.05, 0.1) is 5.69 Å². The van der Waals surface area contributed by atoms with Crippen LogP contribution < -0.4 is 11.0 Å². The number of para-hydroxylation sites is 1. The molecule has 2 aromatic rings. The Labute approximate surface area is 148 Å². The van der Waals surface area contributed by atoms with E-state index < -0.39 is 0 Å². The average molecular weight is 341 g/mol. The Balaban J connectivity index is 1.63. The van der Waals surface area contributed by atoms with Crippen molar-refractivity contribution in [2.75, 3.05) is 26.2 Å². The molecule has 6 heteroatoms. The van der Waals surface area contributed by atoms with Crippen molar-refractivity contribution in [1.29, 1.82) is 0 Å². The zero-order chi connectivity index (χ0) is 17.2. The predicted molar refractivity (Wildman–Crippen MR) is 98.2 cm³/mol. The monoisotopic (exact) mass is 341 g/mol. The number of nitrogens with zero attached hydrogens (tertiary/aromatic N) is 4. The van der Waals surface area contributed by atoms with Gasteiger partial charge in [-0.2, -0.15) is 5.10 Å². The van der Waals surface area contributed by atoms with Gasteiger partial charge in [0.1, 0.15) is 5.82 Å². The number of aromatic nitrogens is 3. The van der Waals surface area contributed by atoms with E-state index in [2.05, 4.69) is 15.3 Å². The van der Waals surface area contributed by atoms with Gasteiger partial charge in [-0.3, -0.25) is 4.90 Å². The summed E-state index contributed by atoms with van der Waals surface area (Å²) in [6.45, 7) is 4.41. The second kappa shape index (κ2) is 7.14. The van der Waals surface area contributed by atoms with Crippen LogP contribution in [0.25, 0.3) is 5.69 Å². The number of aryl methyl sites for hydroxylation is 1. The summed E-state index contributed by atoms with van der Waals surface area (Å²) < 4.78 is 3.28. The Kier molecular flexibility index (Phi) is 4.72. The fourth-order valence-electron chi connectivity index (χ4n) is 4.29. The Morgan fingerprint density at radius 1 is 1.12 bits per heavy atom. The van der Waals surface area contributed by atoms with E-state index >= 15 is 0 Å². The highest BCUT2D eigenvalue weighted by molar-refractivity contribution is 5.33. The Bertz CT molecular complexity index is 760. The van der Waals surface area contributed by atoms with E-state index in [-0.39, 0.29) is 5.69 Å². The SMILES string of the molecule is Cn1nc([C@H]2CCCN(C3CCNCC3)C2)n(-c2ccccc2)c1=O. The van der Waals surface area contributed by atoms with Crippen LogP contribution in [0.3, 0.4) is 0 Å². The molecule has 0 unspecified atom stereocenters. The lowest BCUT2D eigenvalue weighted by Crippen LogP contribution is -2.47. The molecule has 0 aliphatic carbocycles. The Morgan fingerprint density at radius 2 is 1.88 bits per heavy atom. The number of piperidine rings is 2. The molecule has 1 N–H and O–H groups in total. The molecule has 0 radical (unpaired) electrons. The Morgan fingerprint density at radius 3 is 2.64 bits per heavy atom. The highest BCUT2D eigenvalue weighted by atomic mass is 16.2. The first-order chi connectivity index (χ1) is 12.2. The smallest absolute Gasteiger partial charge is 0.317 e. The number of benzene rings is 1. The van der Waals surface area contributed by atoms with Crippen LogP contribution in [-0.2, 0) is 7.05 Å². The molecule has 6 nitrogen and oxygen atoms in total. The van der Waals surface area contributed by atoms with Crippen LogP contribution in [-0.4, -0.2) is 51.5 Å². The van der Waals surface area contributed by atoms with E-state index in [1.807, 2.05) is 30.3 Å². The molecule has 0 amide bonds. The fourth-order valence-corrected chi connectivity index (χ4v) is 4.29. The molecule has 4 rings (SSSR count). The molecule has 0 saturated carbocycles. The molecule has 3 heterocycles. The summed E-state index contributed by atoms with van der Waals surface area (Å²) in [4.78, 5) is 15.3. The average Bonchev–Trinajstić information content (AvgIpc) is 2.98. The van der Waals surface area contributed by atoms with Gasteiger partial charge in [-0.25, -0.2) is 14.0 Å². The first-order valence-electron chi connectivity index (χ1n) is 9.40. The maximum absolute atomic E-state index is 12.7. The zero-order valence-electron chi connectivity index (χ0n) is 14.9. The third-order valence-corrected chi connectivity index (χ3v) is 5.61. The summed E-state index contributed by atoms with van der Waals surface area (Å²) in [5.74, 6) is 1.23. The predicted octanol–water partition coefficient (Wildman–Crippen LogP) is 1.50. The minimum Gasteiger partial charge on any atom is -0.317 e. The van der Waals surface area contributed by atoms with Crippen molar-refractivity contribution in [1.82, 2.24) is 24.6 Å². The van der Waals surface area contributed by atoms with Gasteiger partial charge in [-0.1, -0.05) is 18.2 Å². The van der Waals surface area contributed by atoms with Crippen molar-refractivity contribution in [3.63, 3.8) is 0 Å². The van der Waals surface area contributed by atoms with Crippen molar-refractivity contribution in [2.24, 2.45) is 7.05 Å². The standard InChI is InChI=1S/C19H27N5O/c1-22-19(25)24(17-7-3-2-4-8-17)18(21-22)15-6-5-13-23(14-15)16-9-11-20-12-10-16/h2-4,7-8,15-16,20H,5-6,9-14H2,1H3/t15-/m0/s1. The Hall–Kier alpha value is -1.92. The first-order valence-corrected chi connectivity index (χ1v) is 9.40. The topological polar surface area (TPSA) is 55.1 Å². The highest BCUT2D eigenvalue weighted by Gasteiger charge is 2.31. The molecule has 0 spiro atoms. The summed E-state index contributed by atoms with van der Waals surface area (Å²) in [7, 11) is 1.75. The number of likely N-dealkylation sites (tertiary alicyclic amines) is 1. The molecule has 1 atom stereocenters. The summed E-state index contributed by atoms with van der Waals surface area (Å²) in [6, 6.07) is 10.6. The summed E-state index contributed by atoms with van der Waals surface area (Å²) in [5, 5.41) is 8.07. The van der Waals surface area contributed by atoms with Crippen molar-refractivity contribution in [2.45, 2.75) is 37.6 Å². The van der Waals surface area contributed by atoms with Crippen LogP contribution in [0.1, 0.15) is 37.4 Å². The van der Waals surface area contributed by atoms with E-state index in [0.717, 1.165) is 37.6 Å². The van der Waals surface area contributed by atoms with E-state index in [9.17, 15) is 4.79 Å². The quantitative estimate of drug-likeness (QED) is 0.919. The van der Waals surface area contributed by atoms with E-state index in [1.165, 1.54) is 30.5 Å². The lowest BCUT2D eigenvalue weighted by molar-refractivity contribution is 0.121. The molecule has 2 aliphatic rings. The van der Waals surface area contributed by atoms with Gasteiger partial charge in [0.15, 0.2) is 0 Å². The number of rotatable bonds is 3. The number of nitrogens with one attached hydrogen (secondary N) is 1. The van der Waals surface area contributed by atoms with Crippen LogP contribution >= 0.6 is 0 Å². The third-order valence-electron chi connectivity index (χ3n) is 5.61. The van der Waals surface area contributed by atoms with Crippen molar-refractivity contribution in [3.05, 3.63) is 46.6 Å². The first kappa shape index (κ1) is 16.5. The van der Waals surface area contributed by atoms with Gasteiger partial charge in [0.2, 0.25) is 0 Å². The molecule has 134 valence electrons. The molecular formula is C19H27N5O. The number of hydrogen-bond acceptors (Lipinski definition) is 4. The summed E-state index contributed by atoms with van der Waals surface area (Å²) in [6.07, 6.45) is 4.72. The minimum absolute atomic E-state index is 0.0554. The molecule has 2 aliphatic heterocycles. The number of hydrogen-bond donors (Lipinski definition) is 1. The van der Waals surface area contributed by atoms with Crippen LogP contribution in [0.4, 0.5) is 0 Å². The molecule has 2 saturated heterocycles. The minimum atomic E-state index is -0.0554. The fraction of sp³-hybridized carbons (Fsp3) is 0.579. The van der Waals surface area contributed by atoms with Crippen LogP contribution in [0.5, 0.6) is 0 Å². The van der Waals surface area contributed by atoms with E-state index in [0.29, 0.717) is 12.0 Å². The molecule has 2 fully saturated rings. The van der Waals surface area contributed by atoms with E-state index in [1.54, 1.807) is 11.6 Å². The second-order valence-electron chi connectivity index (χ2n) is 7.25. The van der Waals surface area contributed by atoms with Gasteiger partial charge in [-0.05, 0) is 57.5 Å². The second-order valence-corrected chi connectivity index (χ2v) is 7.25. The maximum Gasteiger partial charge on any atom is 0.350 e. The highest BCUT2D eigenvalue weighted by Crippen LogP contribution is 2.29. The van der Waals surface area contributed by atoms with Gasteiger partial charge in [0, 0.05) is 25.6 Å². The largest absolute Gasteiger partial charge is 0.350 e. The van der Waals surface area contributed by atoms with E-state index in [4.69, 9.17) is 0 Å². The molecule has 25 heavy (non-hydrogen) atoms. The van der Waals surface area contributed by atoms with Gasteiger partial charge < -0.3 is 5.32 Å². The normalized spacial score (nSPS) is 23.0. The van der Waals surface area contributed by atoms with Gasteiger partial charge in [0.25, 0.3) is 0 Å². The van der Waals surface area contributed by atoms with Crippen molar-refractivity contribution < 1.29 is 0 Å². The molecule has 1 aromatic carbocycles. The third kappa shape index (κ3) is 3.28. The van der Waals surface area contributed by atoms with Crippen molar-refractivity contribution >= 4 is 0 Å². The molecule has 1 aromatic heterocycles. The zero-order valence-corrected chi connectivity index (χ0v) is 14.9. The molecular weight excluding hydrogens is 314 g/mol. The van der Waals surface area contributed by atoms with Gasteiger partial charge >= 0.3 is 5.69 Å². The van der Waals surface area contributed by atoms with Gasteiger partial charge in [-0.15, -0.1) is 0 Å². The lowest BCUT2D eigenvalue weighted by atomic mass is 9.93. The maximum atomic E-state index is 12.7. The van der Waals surface area contributed by atoms with Crippen LogP contribution in [0.15, 0.2) is 35.1 Å². The van der Waals surface area contributed by atoms with Crippen molar-refractivity contribution in [3.8, 4) is 5.69 Å². The summed E-state index contributed by atoms with van der Waals surface area (Å²) >= 11 is 0. The lowest BCUT2D eigenvalue weighted by Gasteiger charge is -2.39. The van der Waals surface area contributed by atoms with Crippen LogP contribution in [0, 0.1) is 0 Å². The summed E-state index contributed by atoms with van der Waals surface area (Å²) in [5.41, 5.74) is 0.856. The molecule has 0 bridgehead atoms.